The quantitative estimate of drug-likeness (QED) is 0.869. The van der Waals surface area contributed by atoms with Crippen LogP contribution in [0.25, 0.3) is 0 Å². The van der Waals surface area contributed by atoms with Gasteiger partial charge in [-0.3, -0.25) is 4.79 Å². The van der Waals surface area contributed by atoms with Gasteiger partial charge < -0.3 is 10.6 Å². The number of halogens is 1. The summed E-state index contributed by atoms with van der Waals surface area (Å²) in [5, 5.41) is 6.30. The maximum absolute atomic E-state index is 13.0. The van der Waals surface area contributed by atoms with Crippen LogP contribution < -0.4 is 10.6 Å². The van der Waals surface area contributed by atoms with E-state index in [-0.39, 0.29) is 29.6 Å². The number of hydrogen-bond acceptors (Lipinski definition) is 2. The zero-order valence-corrected chi connectivity index (χ0v) is 12.3. The molecule has 2 N–H and O–H groups in total. The lowest BCUT2D eigenvalue weighted by atomic mass is 9.87. The maximum atomic E-state index is 13.0. The fraction of sp³-hybridized carbons (Fsp3) is 0.562. The second kappa shape index (κ2) is 6.35. The van der Waals surface area contributed by atoms with Crippen LogP contribution in [0.1, 0.15) is 32.4 Å². The smallest absolute Gasteiger partial charge is 0.223 e. The van der Waals surface area contributed by atoms with Crippen molar-refractivity contribution >= 4 is 5.91 Å². The molecule has 1 aliphatic rings. The van der Waals surface area contributed by atoms with Crippen LogP contribution in [0.15, 0.2) is 24.3 Å². The number of benzene rings is 1. The van der Waals surface area contributed by atoms with Crippen molar-refractivity contribution in [1.82, 2.24) is 10.6 Å². The molecule has 0 aliphatic carbocycles. The van der Waals surface area contributed by atoms with Gasteiger partial charge in [0.1, 0.15) is 5.82 Å². The summed E-state index contributed by atoms with van der Waals surface area (Å²) in [7, 11) is 0. The van der Waals surface area contributed by atoms with Crippen molar-refractivity contribution in [3.05, 3.63) is 35.6 Å². The third kappa shape index (κ3) is 3.37. The molecule has 1 amide bonds. The minimum absolute atomic E-state index is 0.0120. The van der Waals surface area contributed by atoms with Crippen molar-refractivity contribution in [3.8, 4) is 0 Å². The van der Waals surface area contributed by atoms with Gasteiger partial charge in [0.15, 0.2) is 0 Å². The Labute approximate surface area is 120 Å². The molecule has 0 bridgehead atoms. The Morgan fingerprint density at radius 2 is 1.85 bits per heavy atom. The summed E-state index contributed by atoms with van der Waals surface area (Å²) in [6.07, 6.45) is 0. The lowest BCUT2D eigenvalue weighted by Gasteiger charge is -2.33. The number of amides is 1. The van der Waals surface area contributed by atoms with Crippen LogP contribution in [-0.4, -0.2) is 19.0 Å². The molecule has 1 fully saturated rings. The van der Waals surface area contributed by atoms with Crippen LogP contribution in [0.2, 0.25) is 0 Å². The molecule has 2 unspecified atom stereocenters. The molecule has 0 radical (unpaired) electrons. The number of hydrogen-bond donors (Lipinski definition) is 2. The van der Waals surface area contributed by atoms with E-state index in [9.17, 15) is 9.18 Å². The monoisotopic (exact) mass is 278 g/mol. The van der Waals surface area contributed by atoms with Gasteiger partial charge in [0.25, 0.3) is 0 Å². The zero-order chi connectivity index (χ0) is 14.7. The fourth-order valence-corrected chi connectivity index (χ4v) is 2.47. The van der Waals surface area contributed by atoms with Gasteiger partial charge in [-0.2, -0.15) is 0 Å². The Bertz CT molecular complexity index is 454. The molecule has 1 saturated heterocycles. The van der Waals surface area contributed by atoms with Gasteiger partial charge in [0, 0.05) is 5.92 Å². The first-order valence-electron chi connectivity index (χ1n) is 7.25. The largest absolute Gasteiger partial charge is 0.349 e. The topological polar surface area (TPSA) is 41.1 Å². The summed E-state index contributed by atoms with van der Waals surface area (Å²) in [5.74, 6) is 0.529. The Morgan fingerprint density at radius 3 is 2.30 bits per heavy atom. The summed E-state index contributed by atoms with van der Waals surface area (Å²) >= 11 is 0. The molecule has 0 aromatic heterocycles. The second-order valence-corrected chi connectivity index (χ2v) is 5.99. The van der Waals surface area contributed by atoms with E-state index in [1.807, 2.05) is 6.92 Å². The van der Waals surface area contributed by atoms with Crippen LogP contribution in [-0.2, 0) is 4.79 Å². The van der Waals surface area contributed by atoms with Gasteiger partial charge in [-0.05, 0) is 42.6 Å². The number of rotatable bonds is 5. The highest BCUT2D eigenvalue weighted by Crippen LogP contribution is 2.24. The van der Waals surface area contributed by atoms with E-state index < -0.39 is 0 Å². The Balaban J connectivity index is 2.05. The Kier molecular flexibility index (Phi) is 4.76. The van der Waals surface area contributed by atoms with Gasteiger partial charge in [-0.1, -0.05) is 32.9 Å². The van der Waals surface area contributed by atoms with Crippen LogP contribution in [0.5, 0.6) is 0 Å². The molecule has 2 rings (SSSR count). The normalized spacial score (nSPS) is 18.4. The van der Waals surface area contributed by atoms with Crippen molar-refractivity contribution in [2.75, 3.05) is 13.1 Å². The van der Waals surface area contributed by atoms with Crippen molar-refractivity contribution in [1.29, 1.82) is 0 Å². The summed E-state index contributed by atoms with van der Waals surface area (Å²) < 4.78 is 13.0. The lowest BCUT2D eigenvalue weighted by Crippen LogP contribution is -2.50. The first kappa shape index (κ1) is 15.0. The predicted molar refractivity (Wildman–Crippen MR) is 77.6 cm³/mol. The van der Waals surface area contributed by atoms with Crippen molar-refractivity contribution < 1.29 is 9.18 Å². The standard InChI is InChI=1S/C16H23FN2O/c1-10(2)15(12-4-6-14(17)7-5-12)19-16(20)11(3)13-8-18-9-13/h4-7,10-11,13,15,18H,8-9H2,1-3H3,(H,19,20). The molecule has 1 aromatic carbocycles. The third-order valence-electron chi connectivity index (χ3n) is 4.13. The fourth-order valence-electron chi connectivity index (χ4n) is 2.47. The van der Waals surface area contributed by atoms with Gasteiger partial charge in [-0.15, -0.1) is 0 Å². The molecular formula is C16H23FN2O. The second-order valence-electron chi connectivity index (χ2n) is 5.99. The molecular weight excluding hydrogens is 255 g/mol. The summed E-state index contributed by atoms with van der Waals surface area (Å²) in [4.78, 5) is 12.3. The van der Waals surface area contributed by atoms with Crippen LogP contribution in [0.4, 0.5) is 4.39 Å². The third-order valence-corrected chi connectivity index (χ3v) is 4.13. The van der Waals surface area contributed by atoms with E-state index in [1.54, 1.807) is 12.1 Å². The molecule has 3 nitrogen and oxygen atoms in total. The van der Waals surface area contributed by atoms with Gasteiger partial charge >= 0.3 is 0 Å². The summed E-state index contributed by atoms with van der Waals surface area (Å²) in [6.45, 7) is 7.92. The molecule has 20 heavy (non-hydrogen) atoms. The summed E-state index contributed by atoms with van der Waals surface area (Å²) in [5.41, 5.74) is 0.952. The van der Waals surface area contributed by atoms with Crippen molar-refractivity contribution in [2.24, 2.45) is 17.8 Å². The zero-order valence-electron chi connectivity index (χ0n) is 12.3. The van der Waals surface area contributed by atoms with E-state index >= 15 is 0 Å². The minimum Gasteiger partial charge on any atom is -0.349 e. The van der Waals surface area contributed by atoms with Crippen molar-refractivity contribution in [2.45, 2.75) is 26.8 Å². The molecule has 2 atom stereocenters. The lowest BCUT2D eigenvalue weighted by molar-refractivity contribution is -0.127. The highest BCUT2D eigenvalue weighted by atomic mass is 19.1. The van der Waals surface area contributed by atoms with Crippen LogP contribution in [0, 0.1) is 23.6 Å². The van der Waals surface area contributed by atoms with E-state index in [1.165, 1.54) is 12.1 Å². The maximum Gasteiger partial charge on any atom is 0.223 e. The highest BCUT2D eigenvalue weighted by molar-refractivity contribution is 5.79. The minimum atomic E-state index is -0.253. The van der Waals surface area contributed by atoms with Gasteiger partial charge in [0.05, 0.1) is 6.04 Å². The van der Waals surface area contributed by atoms with Crippen LogP contribution >= 0.6 is 0 Å². The Morgan fingerprint density at radius 1 is 1.25 bits per heavy atom. The summed E-state index contributed by atoms with van der Waals surface area (Å²) in [6, 6.07) is 6.30. The van der Waals surface area contributed by atoms with E-state index in [0.29, 0.717) is 5.92 Å². The molecule has 4 heteroatoms. The number of carbonyl (C=O) groups is 1. The first-order valence-corrected chi connectivity index (χ1v) is 7.25. The number of nitrogens with one attached hydrogen (secondary N) is 2. The SMILES string of the molecule is CC(C)C(NC(=O)C(C)C1CNC1)c1ccc(F)cc1. The van der Waals surface area contributed by atoms with Crippen LogP contribution in [0.3, 0.4) is 0 Å². The van der Waals surface area contributed by atoms with E-state index in [2.05, 4.69) is 24.5 Å². The van der Waals surface area contributed by atoms with E-state index in [4.69, 9.17) is 0 Å². The molecule has 1 heterocycles. The number of carbonyl (C=O) groups excluding carboxylic acids is 1. The van der Waals surface area contributed by atoms with Crippen molar-refractivity contribution in [3.63, 3.8) is 0 Å². The van der Waals surface area contributed by atoms with Gasteiger partial charge in [0.2, 0.25) is 5.91 Å². The molecule has 0 saturated carbocycles. The molecule has 1 aromatic rings. The Hall–Kier alpha value is -1.42. The molecule has 1 aliphatic heterocycles. The average Bonchev–Trinajstić information content (AvgIpc) is 2.34. The first-order chi connectivity index (χ1) is 9.49. The highest BCUT2D eigenvalue weighted by Gasteiger charge is 2.30. The molecule has 0 spiro atoms. The molecule has 110 valence electrons. The predicted octanol–water partition coefficient (Wildman–Crippen LogP) is 2.49. The van der Waals surface area contributed by atoms with E-state index in [0.717, 1.165) is 18.7 Å². The average molecular weight is 278 g/mol. The van der Waals surface area contributed by atoms with Gasteiger partial charge in [-0.25, -0.2) is 4.39 Å².